The molecule has 1 amide bonds. The first-order valence-electron chi connectivity index (χ1n) is 6.83. The highest BCUT2D eigenvalue weighted by Gasteiger charge is 2.31. The van der Waals surface area contributed by atoms with Crippen LogP contribution in [0.2, 0.25) is 5.02 Å². The molecule has 1 aromatic heterocycles. The Morgan fingerprint density at radius 1 is 1.33 bits per heavy atom. The predicted octanol–water partition coefficient (Wildman–Crippen LogP) is 4.47. The van der Waals surface area contributed by atoms with Crippen LogP contribution in [-0.4, -0.2) is 22.3 Å². The van der Waals surface area contributed by atoms with E-state index in [1.807, 2.05) is 35.4 Å². The van der Waals surface area contributed by atoms with E-state index in [0.29, 0.717) is 10.6 Å². The van der Waals surface area contributed by atoms with Gasteiger partial charge in [0.1, 0.15) is 0 Å². The van der Waals surface area contributed by atoms with Gasteiger partial charge in [0.15, 0.2) is 0 Å². The second-order valence-corrected chi connectivity index (χ2v) is 6.28. The van der Waals surface area contributed by atoms with Crippen LogP contribution in [0.15, 0.2) is 47.2 Å². The lowest BCUT2D eigenvalue weighted by molar-refractivity contribution is 0.0735. The molecule has 0 radical (unpaired) electrons. The van der Waals surface area contributed by atoms with E-state index in [9.17, 15) is 4.79 Å². The lowest BCUT2D eigenvalue weighted by Crippen LogP contribution is -2.30. The Hall–Kier alpha value is -1.39. The van der Waals surface area contributed by atoms with Gasteiger partial charge in [-0.05, 0) is 52.5 Å². The smallest absolute Gasteiger partial charge is 0.255 e. The Balaban J connectivity index is 1.92. The quantitative estimate of drug-likeness (QED) is 0.786. The van der Waals surface area contributed by atoms with Crippen molar-refractivity contribution in [2.45, 2.75) is 18.9 Å². The molecule has 3 rings (SSSR count). The molecular formula is C16H14BrClN2O. The zero-order valence-corrected chi connectivity index (χ0v) is 13.6. The van der Waals surface area contributed by atoms with Gasteiger partial charge in [-0.25, -0.2) is 0 Å². The van der Waals surface area contributed by atoms with Crippen molar-refractivity contribution >= 4 is 33.4 Å². The molecule has 1 aliphatic rings. The molecule has 1 saturated heterocycles. The zero-order valence-electron chi connectivity index (χ0n) is 11.3. The standard InChI is InChI=1S/C16H14BrClN2O/c17-13-6-1-5-12(15(13)18)16(21)20-9-3-7-14(20)11-4-2-8-19-10-11/h1-2,4-6,8,10,14H,3,7,9H2. The number of nitrogens with zero attached hydrogens (tertiary/aromatic N) is 2. The number of rotatable bonds is 2. The third kappa shape index (κ3) is 2.83. The van der Waals surface area contributed by atoms with E-state index in [2.05, 4.69) is 20.9 Å². The van der Waals surface area contributed by atoms with Crippen LogP contribution in [0.25, 0.3) is 0 Å². The van der Waals surface area contributed by atoms with E-state index in [-0.39, 0.29) is 11.9 Å². The van der Waals surface area contributed by atoms with Gasteiger partial charge in [0.2, 0.25) is 0 Å². The minimum Gasteiger partial charge on any atom is -0.332 e. The zero-order chi connectivity index (χ0) is 14.8. The number of carbonyl (C=O) groups excluding carboxylic acids is 1. The second kappa shape index (κ2) is 6.16. The lowest BCUT2D eigenvalue weighted by atomic mass is 10.1. The molecule has 1 aromatic carbocycles. The number of aromatic nitrogens is 1. The van der Waals surface area contributed by atoms with Gasteiger partial charge < -0.3 is 4.90 Å². The summed E-state index contributed by atoms with van der Waals surface area (Å²) in [7, 11) is 0. The average molecular weight is 366 g/mol. The number of benzene rings is 1. The Labute approximate surface area is 137 Å². The fraction of sp³-hybridized carbons (Fsp3) is 0.250. The van der Waals surface area contributed by atoms with Crippen LogP contribution >= 0.6 is 27.5 Å². The van der Waals surface area contributed by atoms with Gasteiger partial charge in [0, 0.05) is 23.4 Å². The summed E-state index contributed by atoms with van der Waals surface area (Å²) >= 11 is 9.62. The minimum atomic E-state index is -0.0207. The van der Waals surface area contributed by atoms with Crippen molar-refractivity contribution in [2.75, 3.05) is 6.54 Å². The topological polar surface area (TPSA) is 33.2 Å². The molecule has 0 spiro atoms. The molecule has 5 heteroatoms. The largest absolute Gasteiger partial charge is 0.332 e. The molecule has 0 bridgehead atoms. The molecule has 0 N–H and O–H groups in total. The molecule has 108 valence electrons. The molecule has 0 saturated carbocycles. The summed E-state index contributed by atoms with van der Waals surface area (Å²) in [6.45, 7) is 0.751. The molecule has 0 aliphatic carbocycles. The van der Waals surface area contributed by atoms with Crippen molar-refractivity contribution in [2.24, 2.45) is 0 Å². The highest BCUT2D eigenvalue weighted by Crippen LogP contribution is 2.35. The summed E-state index contributed by atoms with van der Waals surface area (Å²) in [4.78, 5) is 18.9. The first-order chi connectivity index (χ1) is 10.2. The maximum absolute atomic E-state index is 12.8. The summed E-state index contributed by atoms with van der Waals surface area (Å²) in [5.41, 5.74) is 1.62. The summed E-state index contributed by atoms with van der Waals surface area (Å²) < 4.78 is 0.743. The van der Waals surface area contributed by atoms with Crippen molar-refractivity contribution < 1.29 is 4.79 Å². The number of hydrogen-bond acceptors (Lipinski definition) is 2. The highest BCUT2D eigenvalue weighted by atomic mass is 79.9. The number of pyridine rings is 1. The Bertz CT molecular complexity index is 663. The summed E-state index contributed by atoms with van der Waals surface area (Å²) in [6, 6.07) is 9.45. The Morgan fingerprint density at radius 2 is 2.19 bits per heavy atom. The number of carbonyl (C=O) groups is 1. The van der Waals surface area contributed by atoms with E-state index < -0.39 is 0 Å². The van der Waals surface area contributed by atoms with Gasteiger partial charge in [-0.15, -0.1) is 0 Å². The molecule has 2 heterocycles. The van der Waals surface area contributed by atoms with Gasteiger partial charge in [0.25, 0.3) is 5.91 Å². The molecule has 1 atom stereocenters. The minimum absolute atomic E-state index is 0.0207. The maximum atomic E-state index is 12.8. The van der Waals surface area contributed by atoms with Crippen LogP contribution in [0, 0.1) is 0 Å². The molecule has 2 aromatic rings. The maximum Gasteiger partial charge on any atom is 0.255 e. The second-order valence-electron chi connectivity index (χ2n) is 5.04. The van der Waals surface area contributed by atoms with Gasteiger partial charge >= 0.3 is 0 Å². The summed E-state index contributed by atoms with van der Waals surface area (Å²) in [5, 5.41) is 0.472. The molecule has 1 aliphatic heterocycles. The monoisotopic (exact) mass is 364 g/mol. The van der Waals surface area contributed by atoms with Crippen molar-refractivity contribution in [3.63, 3.8) is 0 Å². The van der Waals surface area contributed by atoms with Crippen LogP contribution in [0.1, 0.15) is 34.8 Å². The van der Waals surface area contributed by atoms with Crippen molar-refractivity contribution in [3.05, 3.63) is 63.3 Å². The van der Waals surface area contributed by atoms with Crippen LogP contribution in [0.4, 0.5) is 0 Å². The van der Waals surface area contributed by atoms with Crippen molar-refractivity contribution in [3.8, 4) is 0 Å². The average Bonchev–Trinajstić information content (AvgIpc) is 3.00. The Kier molecular flexibility index (Phi) is 4.27. The van der Waals surface area contributed by atoms with Gasteiger partial charge in [0.05, 0.1) is 16.6 Å². The predicted molar refractivity (Wildman–Crippen MR) is 86.4 cm³/mol. The first kappa shape index (κ1) is 14.5. The summed E-state index contributed by atoms with van der Waals surface area (Å²) in [5.74, 6) is -0.0207. The van der Waals surface area contributed by atoms with Crippen molar-refractivity contribution in [1.82, 2.24) is 9.88 Å². The van der Waals surface area contributed by atoms with E-state index in [1.54, 1.807) is 12.3 Å². The molecule has 1 unspecified atom stereocenters. The number of likely N-dealkylation sites (tertiary alicyclic amines) is 1. The molecular weight excluding hydrogens is 352 g/mol. The van der Waals surface area contributed by atoms with E-state index >= 15 is 0 Å². The van der Waals surface area contributed by atoms with E-state index in [4.69, 9.17) is 11.6 Å². The highest BCUT2D eigenvalue weighted by molar-refractivity contribution is 9.10. The van der Waals surface area contributed by atoms with Crippen molar-refractivity contribution in [1.29, 1.82) is 0 Å². The molecule has 3 nitrogen and oxygen atoms in total. The van der Waals surface area contributed by atoms with E-state index in [0.717, 1.165) is 29.4 Å². The Morgan fingerprint density at radius 3 is 2.95 bits per heavy atom. The number of amides is 1. The van der Waals surface area contributed by atoms with Gasteiger partial charge in [-0.3, -0.25) is 9.78 Å². The van der Waals surface area contributed by atoms with Gasteiger partial charge in [-0.2, -0.15) is 0 Å². The van der Waals surface area contributed by atoms with Crippen LogP contribution < -0.4 is 0 Å². The normalized spacial score (nSPS) is 18.0. The SMILES string of the molecule is O=C(c1cccc(Br)c1Cl)N1CCCC1c1cccnc1. The fourth-order valence-electron chi connectivity index (χ4n) is 2.75. The lowest BCUT2D eigenvalue weighted by Gasteiger charge is -2.25. The number of halogens is 2. The summed E-state index contributed by atoms with van der Waals surface area (Å²) in [6.07, 6.45) is 5.54. The molecule has 21 heavy (non-hydrogen) atoms. The third-order valence-electron chi connectivity index (χ3n) is 3.76. The van der Waals surface area contributed by atoms with E-state index in [1.165, 1.54) is 0 Å². The molecule has 1 fully saturated rings. The van der Waals surface area contributed by atoms with Crippen LogP contribution in [0.3, 0.4) is 0 Å². The first-order valence-corrected chi connectivity index (χ1v) is 8.00. The number of hydrogen-bond donors (Lipinski definition) is 0. The van der Waals surface area contributed by atoms with Crippen LogP contribution in [-0.2, 0) is 0 Å². The fourth-order valence-corrected chi connectivity index (χ4v) is 3.33. The van der Waals surface area contributed by atoms with Gasteiger partial charge in [-0.1, -0.05) is 23.7 Å². The van der Waals surface area contributed by atoms with Crippen LogP contribution in [0.5, 0.6) is 0 Å². The third-order valence-corrected chi connectivity index (χ3v) is 5.06.